The van der Waals surface area contributed by atoms with E-state index >= 15 is 0 Å². The Bertz CT molecular complexity index is 109. The van der Waals surface area contributed by atoms with Crippen molar-refractivity contribution in [1.82, 2.24) is 0 Å². The van der Waals surface area contributed by atoms with Crippen LogP contribution in [0.4, 0.5) is 13.2 Å². The summed E-state index contributed by atoms with van der Waals surface area (Å²) in [5.74, 6) is 0.429. The van der Waals surface area contributed by atoms with Crippen molar-refractivity contribution in [3.05, 3.63) is 0 Å². The maximum absolute atomic E-state index is 11.5. The molecule has 0 spiro atoms. The number of hydrogen-bond acceptors (Lipinski definition) is 2. The van der Waals surface area contributed by atoms with Gasteiger partial charge in [-0.25, -0.2) is 0 Å². The molecule has 74 valence electrons. The first-order chi connectivity index (χ1) is 5.56. The van der Waals surface area contributed by atoms with E-state index < -0.39 is 5.51 Å². The van der Waals surface area contributed by atoms with Crippen LogP contribution in [0.2, 0.25) is 0 Å². The van der Waals surface area contributed by atoms with E-state index in [0.717, 1.165) is 0 Å². The summed E-state index contributed by atoms with van der Waals surface area (Å²) >= 11 is 5.26. The molecule has 0 fully saturated rings. The average molecular weight is 223 g/mol. The van der Waals surface area contributed by atoms with Crippen molar-refractivity contribution in [2.45, 2.75) is 11.9 Å². The summed E-state index contributed by atoms with van der Waals surface area (Å²) in [5, 5.41) is 0. The molecule has 0 N–H and O–H groups in total. The summed E-state index contributed by atoms with van der Waals surface area (Å²) in [4.78, 5) is 0. The molecule has 0 aliphatic rings. The monoisotopic (exact) mass is 222 g/mol. The van der Waals surface area contributed by atoms with Crippen LogP contribution in [0, 0.1) is 0 Å². The number of hydrogen-bond donors (Lipinski definition) is 0. The van der Waals surface area contributed by atoms with Gasteiger partial charge in [0.1, 0.15) is 0 Å². The van der Waals surface area contributed by atoms with Gasteiger partial charge in [-0.1, -0.05) is 11.8 Å². The second-order valence-electron chi connectivity index (χ2n) is 1.95. The molecule has 0 saturated heterocycles. The second kappa shape index (κ2) is 6.86. The highest BCUT2D eigenvalue weighted by Crippen LogP contribution is 2.30. The summed E-state index contributed by atoms with van der Waals surface area (Å²) in [6, 6.07) is 0. The predicted octanol–water partition coefficient (Wildman–Crippen LogP) is 2.88. The predicted molar refractivity (Wildman–Crippen MR) is 44.7 cm³/mol. The van der Waals surface area contributed by atoms with Crippen LogP contribution in [-0.2, 0) is 4.74 Å². The van der Waals surface area contributed by atoms with Gasteiger partial charge in [-0.2, -0.15) is 13.2 Å². The fourth-order valence-electron chi connectivity index (χ4n) is 0.506. The Labute approximate surface area is 78.6 Å². The minimum absolute atomic E-state index is 0.0214. The van der Waals surface area contributed by atoms with Crippen molar-refractivity contribution in [2.24, 2.45) is 0 Å². The Balaban J connectivity index is 3.01. The Morgan fingerprint density at radius 1 is 1.25 bits per heavy atom. The van der Waals surface area contributed by atoms with Gasteiger partial charge < -0.3 is 4.74 Å². The van der Waals surface area contributed by atoms with Crippen LogP contribution >= 0.6 is 23.4 Å². The molecule has 0 unspecified atom stereocenters. The molecule has 0 amide bonds. The van der Waals surface area contributed by atoms with Crippen LogP contribution in [0.3, 0.4) is 0 Å². The van der Waals surface area contributed by atoms with Gasteiger partial charge in [-0.15, -0.1) is 11.6 Å². The highest BCUT2D eigenvalue weighted by Gasteiger charge is 2.27. The third kappa shape index (κ3) is 10.4. The van der Waals surface area contributed by atoms with Crippen molar-refractivity contribution in [3.63, 3.8) is 0 Å². The van der Waals surface area contributed by atoms with Crippen LogP contribution in [-0.4, -0.2) is 30.4 Å². The minimum Gasteiger partial charge on any atom is -0.380 e. The third-order valence-corrected chi connectivity index (χ3v) is 1.89. The van der Waals surface area contributed by atoms with E-state index in [-0.39, 0.29) is 17.5 Å². The lowest BCUT2D eigenvalue weighted by molar-refractivity contribution is -0.0328. The lowest BCUT2D eigenvalue weighted by Crippen LogP contribution is -2.04. The molecule has 12 heavy (non-hydrogen) atoms. The zero-order chi connectivity index (χ0) is 9.45. The first kappa shape index (κ1) is 12.4. The topological polar surface area (TPSA) is 9.23 Å². The van der Waals surface area contributed by atoms with Gasteiger partial charge in [0.15, 0.2) is 0 Å². The molecule has 0 atom stereocenters. The van der Waals surface area contributed by atoms with Crippen LogP contribution in [0.25, 0.3) is 0 Å². The summed E-state index contributed by atoms with van der Waals surface area (Å²) in [6.45, 7) is 0.744. The van der Waals surface area contributed by atoms with Crippen molar-refractivity contribution in [3.8, 4) is 0 Å². The molecule has 0 aromatic rings. The summed E-state index contributed by atoms with van der Waals surface area (Å²) < 4.78 is 39.5. The highest BCUT2D eigenvalue weighted by molar-refractivity contribution is 8.00. The third-order valence-electron chi connectivity index (χ3n) is 0.920. The molecule has 0 aromatic carbocycles. The van der Waals surface area contributed by atoms with E-state index in [1.54, 1.807) is 0 Å². The molecule has 1 nitrogen and oxygen atoms in total. The first-order valence-electron chi connectivity index (χ1n) is 3.40. The van der Waals surface area contributed by atoms with Crippen LogP contribution in [0.15, 0.2) is 0 Å². The van der Waals surface area contributed by atoms with E-state index in [1.165, 1.54) is 0 Å². The Morgan fingerprint density at radius 3 is 2.42 bits per heavy atom. The number of halogens is 4. The molecular weight excluding hydrogens is 213 g/mol. The molecule has 0 radical (unpaired) electrons. The van der Waals surface area contributed by atoms with Gasteiger partial charge in [-0.05, 0) is 6.42 Å². The first-order valence-corrected chi connectivity index (χ1v) is 4.92. The van der Waals surface area contributed by atoms with Crippen LogP contribution in [0.5, 0.6) is 0 Å². The lowest BCUT2D eigenvalue weighted by atomic mass is 10.5. The molecule has 0 aromatic heterocycles. The smallest absolute Gasteiger partial charge is 0.380 e. The van der Waals surface area contributed by atoms with Crippen LogP contribution in [0.1, 0.15) is 6.42 Å². The fourth-order valence-corrected chi connectivity index (χ4v) is 1.11. The zero-order valence-electron chi connectivity index (χ0n) is 6.36. The largest absolute Gasteiger partial charge is 0.441 e. The summed E-state index contributed by atoms with van der Waals surface area (Å²) in [5.41, 5.74) is -4.12. The van der Waals surface area contributed by atoms with E-state index in [0.29, 0.717) is 25.5 Å². The van der Waals surface area contributed by atoms with Gasteiger partial charge in [0, 0.05) is 18.2 Å². The highest BCUT2D eigenvalue weighted by atomic mass is 35.5. The van der Waals surface area contributed by atoms with E-state index in [9.17, 15) is 13.2 Å². The summed E-state index contributed by atoms with van der Waals surface area (Å²) in [6.07, 6.45) is 0.404. The molecule has 0 aliphatic carbocycles. The van der Waals surface area contributed by atoms with Gasteiger partial charge >= 0.3 is 5.51 Å². The summed E-state index contributed by atoms with van der Waals surface area (Å²) in [7, 11) is 0. The zero-order valence-corrected chi connectivity index (χ0v) is 7.94. The van der Waals surface area contributed by atoms with Gasteiger partial charge in [0.25, 0.3) is 0 Å². The Hall–Kier alpha value is 0.390. The van der Waals surface area contributed by atoms with Crippen molar-refractivity contribution in [2.75, 3.05) is 24.8 Å². The lowest BCUT2D eigenvalue weighted by Gasteiger charge is -2.04. The van der Waals surface area contributed by atoms with Gasteiger partial charge in [0.2, 0.25) is 0 Å². The van der Waals surface area contributed by atoms with E-state index in [2.05, 4.69) is 0 Å². The van der Waals surface area contributed by atoms with Gasteiger partial charge in [0.05, 0.1) is 6.61 Å². The quantitative estimate of drug-likeness (QED) is 0.505. The maximum Gasteiger partial charge on any atom is 0.441 e. The fraction of sp³-hybridized carbons (Fsp3) is 1.00. The van der Waals surface area contributed by atoms with Crippen LogP contribution < -0.4 is 0 Å². The molecule has 0 heterocycles. The standard InChI is InChI=1S/C6H10ClF3OS/c7-2-4-11-3-1-5-12-6(8,9)10/h1-5H2. The van der Waals surface area contributed by atoms with Crippen molar-refractivity contribution in [1.29, 1.82) is 0 Å². The number of ether oxygens (including phenoxy) is 1. The Morgan fingerprint density at radius 2 is 1.92 bits per heavy atom. The maximum atomic E-state index is 11.5. The van der Waals surface area contributed by atoms with E-state index in [4.69, 9.17) is 16.3 Å². The van der Waals surface area contributed by atoms with Gasteiger partial charge in [-0.3, -0.25) is 0 Å². The second-order valence-corrected chi connectivity index (χ2v) is 3.49. The molecule has 0 saturated carbocycles. The molecule has 0 aliphatic heterocycles. The number of rotatable bonds is 6. The molecular formula is C6H10ClF3OS. The molecule has 0 bridgehead atoms. The number of thioether (sulfide) groups is 1. The Kier molecular flexibility index (Phi) is 7.08. The van der Waals surface area contributed by atoms with Crippen molar-refractivity contribution >= 4 is 23.4 Å². The molecule has 6 heteroatoms. The van der Waals surface area contributed by atoms with Crippen molar-refractivity contribution < 1.29 is 17.9 Å². The normalized spacial score (nSPS) is 12.0. The SMILES string of the molecule is FC(F)(F)SCCCOCCCl. The average Bonchev–Trinajstić information content (AvgIpc) is 1.94. The minimum atomic E-state index is -4.12. The molecule has 0 rings (SSSR count). The van der Waals surface area contributed by atoms with E-state index in [1.807, 2.05) is 0 Å². The number of alkyl halides is 4.